The molecule has 4 rings (SSSR count). The van der Waals surface area contributed by atoms with Crippen molar-refractivity contribution in [2.24, 2.45) is 0 Å². The van der Waals surface area contributed by atoms with Gasteiger partial charge in [0.15, 0.2) is 41.1 Å². The number of benzene rings is 2. The fraction of sp³-hybridized carbons (Fsp3) is 0.463. The first-order valence-electron chi connectivity index (χ1n) is 17.9. The molecule has 4 aromatic rings. The maximum atomic E-state index is 14.6. The average molecular weight is 831 g/mol. The zero-order valence-corrected chi connectivity index (χ0v) is 37.0. The summed E-state index contributed by atoms with van der Waals surface area (Å²) in [5.74, 6) is -2.68. The summed E-state index contributed by atoms with van der Waals surface area (Å²) in [6.45, 7) is 22.2. The molecule has 4 N–H and O–H groups in total. The van der Waals surface area contributed by atoms with Gasteiger partial charge in [-0.05, 0) is 52.0 Å². The van der Waals surface area contributed by atoms with Crippen LogP contribution in [0.1, 0.15) is 143 Å². The summed E-state index contributed by atoms with van der Waals surface area (Å²) < 4.78 is 81.1. The van der Waals surface area contributed by atoms with Crippen molar-refractivity contribution in [3.8, 4) is 11.5 Å². The van der Waals surface area contributed by atoms with E-state index in [1.165, 1.54) is 18.3 Å². The predicted octanol–water partition coefficient (Wildman–Crippen LogP) is 7.19. The third-order valence-electron chi connectivity index (χ3n) is 9.56. The van der Waals surface area contributed by atoms with Crippen molar-refractivity contribution in [1.29, 1.82) is 0 Å². The minimum atomic E-state index is -4.62. The van der Waals surface area contributed by atoms with Crippen molar-refractivity contribution in [3.63, 3.8) is 0 Å². The van der Waals surface area contributed by atoms with E-state index in [2.05, 4.69) is 9.97 Å². The highest BCUT2D eigenvalue weighted by Crippen LogP contribution is 2.42. The summed E-state index contributed by atoms with van der Waals surface area (Å²) in [7, 11) is -13.4. The van der Waals surface area contributed by atoms with Gasteiger partial charge in [-0.3, -0.25) is 9.59 Å². The second kappa shape index (κ2) is 14.0. The average Bonchev–Trinajstić information content (AvgIpc) is 3.64. The third-order valence-corrected chi connectivity index (χ3v) is 13.3. The van der Waals surface area contributed by atoms with Crippen LogP contribution in [0.2, 0.25) is 0 Å². The molecule has 306 valence electrons. The number of aromatic amines is 2. The second-order valence-electron chi connectivity index (χ2n) is 18.7. The van der Waals surface area contributed by atoms with Gasteiger partial charge in [0.05, 0.1) is 11.3 Å². The van der Waals surface area contributed by atoms with E-state index in [0.717, 1.165) is 18.6 Å². The van der Waals surface area contributed by atoms with Crippen LogP contribution in [-0.4, -0.2) is 69.5 Å². The van der Waals surface area contributed by atoms with Gasteiger partial charge < -0.3 is 20.2 Å². The van der Waals surface area contributed by atoms with Crippen molar-refractivity contribution >= 4 is 41.1 Å². The van der Waals surface area contributed by atoms with E-state index in [-0.39, 0.29) is 28.2 Å². The maximum Gasteiger partial charge on any atom is 0.197 e. The lowest BCUT2D eigenvalue weighted by Gasteiger charge is -2.28. The number of sulfone groups is 3. The lowest BCUT2D eigenvalue weighted by atomic mass is 9.77. The first kappa shape index (κ1) is 44.5. The Balaban J connectivity index is 1.94. The molecule has 0 fully saturated rings. The second-order valence-corrected chi connectivity index (χ2v) is 24.6. The number of aromatic hydroxyl groups is 2. The highest BCUT2D eigenvalue weighted by atomic mass is 32.2. The largest absolute Gasteiger partial charge is 0.507 e. The normalized spacial score (nSPS) is 13.6. The van der Waals surface area contributed by atoms with Gasteiger partial charge in [-0.1, -0.05) is 83.1 Å². The van der Waals surface area contributed by atoms with Gasteiger partial charge in [0.25, 0.3) is 0 Å². The fourth-order valence-corrected chi connectivity index (χ4v) is 9.85. The minimum absolute atomic E-state index is 0.0481. The molecule has 0 bridgehead atoms. The molecule has 0 radical (unpaired) electrons. The van der Waals surface area contributed by atoms with Crippen LogP contribution in [0, 0.1) is 0 Å². The highest BCUT2D eigenvalue weighted by Gasteiger charge is 2.37. The summed E-state index contributed by atoms with van der Waals surface area (Å²) in [4.78, 5) is 33.5. The maximum absolute atomic E-state index is 14.6. The van der Waals surface area contributed by atoms with Gasteiger partial charge in [-0.2, -0.15) is 0 Å². The van der Waals surface area contributed by atoms with E-state index in [1.54, 1.807) is 12.1 Å². The van der Waals surface area contributed by atoms with Gasteiger partial charge in [-0.15, -0.1) is 0 Å². The van der Waals surface area contributed by atoms with Crippen LogP contribution in [0.5, 0.6) is 11.5 Å². The summed E-state index contributed by atoms with van der Waals surface area (Å²) in [6, 6.07) is 7.01. The monoisotopic (exact) mass is 830 g/mol. The van der Waals surface area contributed by atoms with E-state index in [0.29, 0.717) is 22.3 Å². The molecule has 2 aromatic carbocycles. The Kier molecular flexibility index (Phi) is 11.1. The Hall–Kier alpha value is -4.21. The van der Waals surface area contributed by atoms with E-state index in [4.69, 9.17) is 0 Å². The molecule has 0 saturated heterocycles. The van der Waals surface area contributed by atoms with Gasteiger partial charge in [0.1, 0.15) is 26.6 Å². The lowest BCUT2D eigenvalue weighted by molar-refractivity contribution is 0.102. The van der Waals surface area contributed by atoms with Gasteiger partial charge in [0.2, 0.25) is 0 Å². The molecular weight excluding hydrogens is 777 g/mol. The van der Waals surface area contributed by atoms with Crippen LogP contribution in [0.3, 0.4) is 0 Å². The Morgan fingerprint density at radius 3 is 1.25 bits per heavy atom. The number of phenols is 2. The van der Waals surface area contributed by atoms with E-state index < -0.39 is 94.7 Å². The predicted molar refractivity (Wildman–Crippen MR) is 217 cm³/mol. The van der Waals surface area contributed by atoms with Crippen LogP contribution in [0.15, 0.2) is 51.6 Å². The molecule has 0 saturated carbocycles. The van der Waals surface area contributed by atoms with E-state index in [9.17, 15) is 45.1 Å². The SMILES string of the molecule is CC(C)(C)c1cc(C(=O)c2c[nH]c(S(=O)(=O)Cc3c(S(C)(=O)=O)[nH]c(S(C)(=O)=O)c3C(=O)c3cc(C(C)(C)C)c(O)c(C(C)(C)C)c3)c2)cc(C(C)(C)C)c1O. The molecule has 56 heavy (non-hydrogen) atoms. The van der Waals surface area contributed by atoms with Gasteiger partial charge >= 0.3 is 0 Å². The Morgan fingerprint density at radius 1 is 0.554 bits per heavy atom. The van der Waals surface area contributed by atoms with Gasteiger partial charge in [0, 0.05) is 63.2 Å². The molecule has 0 spiro atoms. The number of rotatable bonds is 9. The quantitative estimate of drug-likeness (QED) is 0.125. The molecule has 0 atom stereocenters. The molecular formula is C41H54N2O10S3. The highest BCUT2D eigenvalue weighted by molar-refractivity contribution is 7.92. The van der Waals surface area contributed by atoms with Crippen LogP contribution in [-0.2, 0) is 56.9 Å². The minimum Gasteiger partial charge on any atom is -0.507 e. The van der Waals surface area contributed by atoms with Crippen molar-refractivity contribution in [2.45, 2.75) is 126 Å². The number of aromatic nitrogens is 2. The Bertz CT molecular complexity index is 2530. The number of carbonyl (C=O) groups is 2. The molecule has 12 nitrogen and oxygen atoms in total. The van der Waals surface area contributed by atoms with E-state index in [1.807, 2.05) is 83.1 Å². The number of carbonyl (C=O) groups excluding carboxylic acids is 2. The molecule has 15 heteroatoms. The molecule has 2 aromatic heterocycles. The zero-order valence-electron chi connectivity index (χ0n) is 34.6. The smallest absolute Gasteiger partial charge is 0.197 e. The number of ketones is 2. The van der Waals surface area contributed by atoms with Crippen LogP contribution in [0.4, 0.5) is 0 Å². The van der Waals surface area contributed by atoms with E-state index >= 15 is 0 Å². The number of hydrogen-bond donors (Lipinski definition) is 4. The molecule has 2 heterocycles. The standard InChI is InChI=1S/C41H54N2O10S3/c1-38(2,3)26-15-22(16-27(34(26)46)39(4,5)6)32(44)24-19-30(42-20-24)56(52,53)21-25-31(37(55(14,50)51)43-36(25)54(13,48)49)33(45)23-17-28(40(7,8)9)35(47)29(18-23)41(10,11)12/h15-20,42-43,46-47H,21H2,1-14H3. The molecule has 0 unspecified atom stereocenters. The number of H-pyrrole nitrogens is 2. The lowest BCUT2D eigenvalue weighted by Crippen LogP contribution is -2.20. The summed E-state index contributed by atoms with van der Waals surface area (Å²) in [5, 5.41) is 20.4. The summed E-state index contributed by atoms with van der Waals surface area (Å²) in [6.07, 6.45) is 2.71. The molecule has 0 aliphatic rings. The van der Waals surface area contributed by atoms with Crippen molar-refractivity contribution in [1.82, 2.24) is 9.97 Å². The number of hydrogen-bond acceptors (Lipinski definition) is 10. The van der Waals surface area contributed by atoms with Crippen LogP contribution < -0.4 is 0 Å². The summed E-state index contributed by atoms with van der Waals surface area (Å²) in [5.41, 5.74) is -1.93. The fourth-order valence-electron chi connectivity index (χ4n) is 6.54. The third kappa shape index (κ3) is 8.84. The van der Waals surface area contributed by atoms with Crippen LogP contribution >= 0.6 is 0 Å². The first-order valence-corrected chi connectivity index (χ1v) is 23.3. The number of phenolic OH excluding ortho intramolecular Hbond substituents is 2. The van der Waals surface area contributed by atoms with Crippen molar-refractivity contribution < 1.29 is 45.1 Å². The van der Waals surface area contributed by atoms with Crippen LogP contribution in [0.25, 0.3) is 0 Å². The Labute approximate surface area is 330 Å². The Morgan fingerprint density at radius 2 is 0.911 bits per heavy atom. The number of nitrogens with one attached hydrogen (secondary N) is 2. The van der Waals surface area contributed by atoms with Gasteiger partial charge in [-0.25, -0.2) is 25.3 Å². The molecule has 0 aliphatic carbocycles. The van der Waals surface area contributed by atoms with Crippen molar-refractivity contribution in [2.75, 3.05) is 12.5 Å². The first-order chi connectivity index (χ1) is 25.0. The summed E-state index contributed by atoms with van der Waals surface area (Å²) >= 11 is 0. The zero-order chi connectivity index (χ0) is 43.1. The molecule has 0 amide bonds. The topological polar surface area (TPSA) is 209 Å². The van der Waals surface area contributed by atoms with Crippen molar-refractivity contribution in [3.05, 3.63) is 86.6 Å². The molecule has 0 aliphatic heterocycles.